The number of nitrogens with one attached hydrogen (secondary N) is 2. The number of halogens is 1. The summed E-state index contributed by atoms with van der Waals surface area (Å²) < 4.78 is 31.0. The van der Waals surface area contributed by atoms with Gasteiger partial charge in [-0.3, -0.25) is 9.59 Å². The molecule has 200 valence electrons. The number of aliphatic hydroxyl groups excluding tert-OH is 1. The number of allylic oxidation sites excluding steroid dienone is 1. The number of anilines is 1. The van der Waals surface area contributed by atoms with Crippen LogP contribution < -0.4 is 25.5 Å². The van der Waals surface area contributed by atoms with Crippen LogP contribution in [0, 0.1) is 5.82 Å². The number of thioether (sulfide) groups is 1. The summed E-state index contributed by atoms with van der Waals surface area (Å²) in [5, 5.41) is 15.5. The molecule has 1 aromatic heterocycles. The van der Waals surface area contributed by atoms with E-state index >= 15 is 0 Å². The molecule has 3 N–H and O–H groups in total. The van der Waals surface area contributed by atoms with Gasteiger partial charge in [0.1, 0.15) is 23.8 Å². The second-order valence-electron chi connectivity index (χ2n) is 8.74. The number of carbonyl (C=O) groups is 1. The number of ether oxygens (including phenoxy) is 2. The molecule has 1 saturated heterocycles. The Kier molecular flexibility index (Phi) is 7.58. The van der Waals surface area contributed by atoms with Gasteiger partial charge >= 0.3 is 0 Å². The molecule has 0 saturated carbocycles. The van der Waals surface area contributed by atoms with E-state index in [1.807, 2.05) is 31.2 Å². The Balaban J connectivity index is 1.32. The predicted molar refractivity (Wildman–Crippen MR) is 150 cm³/mol. The fourth-order valence-corrected chi connectivity index (χ4v) is 5.00. The maximum absolute atomic E-state index is 13.9. The average molecular weight is 549 g/mol. The van der Waals surface area contributed by atoms with Crippen molar-refractivity contribution in [1.29, 1.82) is 0 Å². The molecule has 2 heterocycles. The smallest absolute Gasteiger partial charge is 0.285 e. The Hall–Kier alpha value is -4.28. The molecule has 1 fully saturated rings. The van der Waals surface area contributed by atoms with Crippen LogP contribution >= 0.6 is 11.8 Å². The highest BCUT2D eigenvalue weighted by atomic mass is 32.2. The van der Waals surface area contributed by atoms with Gasteiger partial charge in [-0.15, -0.1) is 0 Å². The van der Waals surface area contributed by atoms with Crippen molar-refractivity contribution in [3.63, 3.8) is 0 Å². The summed E-state index contributed by atoms with van der Waals surface area (Å²) in [6, 6.07) is 18.3. The van der Waals surface area contributed by atoms with E-state index in [0.29, 0.717) is 22.8 Å². The number of benzene rings is 3. The minimum atomic E-state index is -0.996. The van der Waals surface area contributed by atoms with Crippen molar-refractivity contribution in [3.8, 4) is 22.8 Å². The van der Waals surface area contributed by atoms with E-state index in [1.165, 1.54) is 12.1 Å². The molecular formula is C29H25FN2O6S. The minimum Gasteiger partial charge on any atom is -0.497 e. The molecule has 0 bridgehead atoms. The molecule has 0 aliphatic carbocycles. The van der Waals surface area contributed by atoms with Gasteiger partial charge in [0.2, 0.25) is 11.2 Å². The lowest BCUT2D eigenvalue weighted by atomic mass is 10.1. The molecule has 39 heavy (non-hydrogen) atoms. The van der Waals surface area contributed by atoms with E-state index in [1.54, 1.807) is 31.4 Å². The van der Waals surface area contributed by atoms with Crippen LogP contribution in [0.15, 0.2) is 80.8 Å². The van der Waals surface area contributed by atoms with Crippen LogP contribution in [0.2, 0.25) is 0 Å². The quantitative estimate of drug-likeness (QED) is 0.244. The molecule has 1 aliphatic rings. The lowest BCUT2D eigenvalue weighted by Crippen LogP contribution is -2.24. The third-order valence-electron chi connectivity index (χ3n) is 6.23. The number of rotatable bonds is 8. The topological polar surface area (TPSA) is 110 Å². The van der Waals surface area contributed by atoms with Crippen molar-refractivity contribution >= 4 is 39.2 Å². The number of hydrogen-bond donors (Lipinski definition) is 3. The molecule has 5 rings (SSSR count). The first-order chi connectivity index (χ1) is 18.8. The zero-order chi connectivity index (χ0) is 27.5. The molecule has 1 atom stereocenters. The molecule has 0 spiro atoms. The van der Waals surface area contributed by atoms with Gasteiger partial charge < -0.3 is 29.6 Å². The molecule has 10 heteroatoms. The molecule has 3 aromatic carbocycles. The highest BCUT2D eigenvalue weighted by Gasteiger charge is 2.27. The third-order valence-corrected chi connectivity index (χ3v) is 7.29. The maximum Gasteiger partial charge on any atom is 0.285 e. The third kappa shape index (κ3) is 5.62. The molecule has 0 radical (unpaired) electrons. The zero-order valence-electron chi connectivity index (χ0n) is 21.1. The van der Waals surface area contributed by atoms with Crippen LogP contribution in [0.3, 0.4) is 0 Å². The average Bonchev–Trinajstić information content (AvgIpc) is 3.29. The van der Waals surface area contributed by atoms with Gasteiger partial charge in [-0.05, 0) is 84.4 Å². The first-order valence-corrected chi connectivity index (χ1v) is 12.9. The molecule has 8 nitrogen and oxygen atoms in total. The van der Waals surface area contributed by atoms with Crippen LogP contribution in [0.4, 0.5) is 14.9 Å². The molecule has 4 aromatic rings. The molecule has 1 amide bonds. The Morgan fingerprint density at radius 1 is 1.10 bits per heavy atom. The van der Waals surface area contributed by atoms with Crippen molar-refractivity contribution < 1.29 is 28.2 Å². The van der Waals surface area contributed by atoms with E-state index in [4.69, 9.17) is 13.9 Å². The summed E-state index contributed by atoms with van der Waals surface area (Å²) in [6.45, 7) is 2.36. The monoisotopic (exact) mass is 548 g/mol. The number of fused-ring (bicyclic) bond motifs is 1. The molecular weight excluding hydrogens is 523 g/mol. The largest absolute Gasteiger partial charge is 0.497 e. The van der Waals surface area contributed by atoms with Gasteiger partial charge in [0, 0.05) is 22.7 Å². The van der Waals surface area contributed by atoms with Crippen molar-refractivity contribution in [2.45, 2.75) is 13.2 Å². The van der Waals surface area contributed by atoms with Gasteiger partial charge in [0.15, 0.2) is 12.0 Å². The van der Waals surface area contributed by atoms with Gasteiger partial charge in [-0.25, -0.2) is 4.39 Å². The van der Waals surface area contributed by atoms with Gasteiger partial charge in [-0.1, -0.05) is 12.1 Å². The van der Waals surface area contributed by atoms with Gasteiger partial charge in [0.05, 0.1) is 12.5 Å². The van der Waals surface area contributed by atoms with Crippen molar-refractivity contribution in [2.75, 3.05) is 25.6 Å². The highest BCUT2D eigenvalue weighted by molar-refractivity contribution is 8.17. The number of carbonyl (C=O) groups excluding carboxylic acids is 1. The maximum atomic E-state index is 13.9. The first-order valence-electron chi connectivity index (χ1n) is 12.1. The summed E-state index contributed by atoms with van der Waals surface area (Å²) in [5.74, 6) is 0.345. The predicted octanol–water partition coefficient (Wildman–Crippen LogP) is 5.60. The molecule has 1 aliphatic heterocycles. The Morgan fingerprint density at radius 3 is 2.51 bits per heavy atom. The zero-order valence-corrected chi connectivity index (χ0v) is 21.9. The summed E-state index contributed by atoms with van der Waals surface area (Å²) in [4.78, 5) is 25.4. The van der Waals surface area contributed by atoms with Gasteiger partial charge in [-0.2, -0.15) is 0 Å². The second kappa shape index (κ2) is 11.2. The highest BCUT2D eigenvalue weighted by Crippen LogP contribution is 2.34. The number of aliphatic hydroxyl groups is 1. The Labute approximate surface area is 227 Å². The molecule has 1 unspecified atom stereocenters. The fraction of sp³-hybridized carbons (Fsp3) is 0.172. The number of amides is 1. The van der Waals surface area contributed by atoms with Crippen LogP contribution in [0.25, 0.3) is 27.9 Å². The fourth-order valence-electron chi connectivity index (χ4n) is 4.19. The van der Waals surface area contributed by atoms with Gasteiger partial charge in [0.25, 0.3) is 5.24 Å². The summed E-state index contributed by atoms with van der Waals surface area (Å²) in [6.07, 6.45) is -0.996. The Morgan fingerprint density at radius 2 is 1.85 bits per heavy atom. The van der Waals surface area contributed by atoms with Crippen LogP contribution in [0.5, 0.6) is 11.5 Å². The Bertz CT molecular complexity index is 1620. The van der Waals surface area contributed by atoms with Crippen LogP contribution in [-0.2, 0) is 0 Å². The summed E-state index contributed by atoms with van der Waals surface area (Å²) >= 11 is 0.986. The minimum absolute atomic E-state index is 0.00607. The SMILES string of the molecule is COc1ccc(-c2oc3ccc(F)cc3c(=O)c2OCCNc2ccc(/C(C)=C3\SC(=O)NC3O)cc2)cc1. The number of hydrogen-bond acceptors (Lipinski definition) is 8. The van der Waals surface area contributed by atoms with Crippen LogP contribution in [-0.4, -0.2) is 36.8 Å². The van der Waals surface area contributed by atoms with Crippen molar-refractivity contribution in [2.24, 2.45) is 0 Å². The van der Waals surface area contributed by atoms with Crippen molar-refractivity contribution in [3.05, 3.63) is 93.2 Å². The van der Waals surface area contributed by atoms with E-state index in [9.17, 15) is 19.1 Å². The first kappa shape index (κ1) is 26.3. The van der Waals surface area contributed by atoms with E-state index in [-0.39, 0.29) is 34.3 Å². The summed E-state index contributed by atoms with van der Waals surface area (Å²) in [5.41, 5.74) is 2.91. The van der Waals surface area contributed by atoms with E-state index in [2.05, 4.69) is 10.6 Å². The van der Waals surface area contributed by atoms with Crippen LogP contribution in [0.1, 0.15) is 12.5 Å². The second-order valence-corrected chi connectivity index (χ2v) is 9.75. The van der Waals surface area contributed by atoms with E-state index in [0.717, 1.165) is 34.7 Å². The normalized spacial score (nSPS) is 16.2. The number of methoxy groups -OCH3 is 1. The van der Waals surface area contributed by atoms with E-state index < -0.39 is 17.5 Å². The standard InChI is InChI=1S/C29H25FN2O6S/c1-16(27-28(34)32-29(35)39-27)17-3-8-20(9-4-17)31-13-14-37-26-24(33)22-15-19(30)7-12-23(22)38-25(26)18-5-10-21(36-2)11-6-18/h3-12,15,28,31,34H,13-14H2,1-2H3,(H,32,35)/b27-16-. The summed E-state index contributed by atoms with van der Waals surface area (Å²) in [7, 11) is 1.56. The lowest BCUT2D eigenvalue weighted by Gasteiger charge is -2.13. The lowest BCUT2D eigenvalue weighted by molar-refractivity contribution is 0.192. The van der Waals surface area contributed by atoms with Crippen molar-refractivity contribution in [1.82, 2.24) is 5.32 Å².